The first-order chi connectivity index (χ1) is 13.9. The smallest absolute Gasteiger partial charge is 0.323 e. The van der Waals surface area contributed by atoms with Crippen LogP contribution >= 0.6 is 0 Å². The van der Waals surface area contributed by atoms with Crippen molar-refractivity contribution in [3.63, 3.8) is 0 Å². The molecule has 5 nitrogen and oxygen atoms in total. The summed E-state index contributed by atoms with van der Waals surface area (Å²) in [5.41, 5.74) is 2.75. The summed E-state index contributed by atoms with van der Waals surface area (Å²) < 4.78 is 15.7. The minimum Gasteiger partial charge on any atom is -0.480 e. The zero-order chi connectivity index (χ0) is 20.6. The number of para-hydroxylation sites is 1. The van der Waals surface area contributed by atoms with Gasteiger partial charge in [-0.1, -0.05) is 43.3 Å². The number of aromatic nitrogens is 1. The van der Waals surface area contributed by atoms with Gasteiger partial charge in [-0.3, -0.25) is 9.59 Å². The summed E-state index contributed by atoms with van der Waals surface area (Å²) in [7, 11) is 0. The molecule has 1 amide bonds. The van der Waals surface area contributed by atoms with Crippen molar-refractivity contribution in [3.05, 3.63) is 71.2 Å². The van der Waals surface area contributed by atoms with Crippen LogP contribution in [-0.4, -0.2) is 21.6 Å². The van der Waals surface area contributed by atoms with E-state index in [1.54, 1.807) is 18.2 Å². The van der Waals surface area contributed by atoms with Crippen LogP contribution in [0, 0.1) is 11.2 Å². The molecule has 3 aromatic rings. The van der Waals surface area contributed by atoms with Gasteiger partial charge in [0.1, 0.15) is 12.4 Å². The van der Waals surface area contributed by atoms with Gasteiger partial charge in [0.2, 0.25) is 5.91 Å². The average Bonchev–Trinajstić information content (AvgIpc) is 2.99. The molecule has 0 spiro atoms. The first-order valence-corrected chi connectivity index (χ1v) is 9.71. The third-order valence-corrected chi connectivity index (χ3v) is 5.91. The maximum Gasteiger partial charge on any atom is 0.323 e. The largest absolute Gasteiger partial charge is 0.480 e. The highest BCUT2D eigenvalue weighted by atomic mass is 19.1. The van der Waals surface area contributed by atoms with E-state index in [2.05, 4.69) is 5.32 Å². The Morgan fingerprint density at radius 1 is 1.17 bits per heavy atom. The summed E-state index contributed by atoms with van der Waals surface area (Å²) in [6.07, 6.45) is 1.76. The van der Waals surface area contributed by atoms with Crippen molar-refractivity contribution < 1.29 is 19.1 Å². The molecule has 1 heterocycles. The van der Waals surface area contributed by atoms with Gasteiger partial charge in [0, 0.05) is 28.7 Å². The van der Waals surface area contributed by atoms with Gasteiger partial charge < -0.3 is 15.0 Å². The number of nitrogens with one attached hydrogen (secondary N) is 1. The zero-order valence-corrected chi connectivity index (χ0v) is 16.2. The van der Waals surface area contributed by atoms with Crippen LogP contribution in [0.5, 0.6) is 0 Å². The molecule has 1 aliphatic rings. The number of carbonyl (C=O) groups excluding carboxylic acids is 1. The second-order valence-corrected chi connectivity index (χ2v) is 7.93. The lowest BCUT2D eigenvalue weighted by Crippen LogP contribution is -2.42. The Balaban J connectivity index is 1.61. The summed E-state index contributed by atoms with van der Waals surface area (Å²) in [5.74, 6) is -1.33. The van der Waals surface area contributed by atoms with Crippen molar-refractivity contribution >= 4 is 22.8 Å². The molecule has 0 fully saturated rings. The molecule has 0 radical (unpaired) electrons. The highest BCUT2D eigenvalue weighted by molar-refractivity contribution is 5.89. The highest BCUT2D eigenvalue weighted by Gasteiger charge is 2.39. The fourth-order valence-electron chi connectivity index (χ4n) is 4.32. The van der Waals surface area contributed by atoms with Crippen molar-refractivity contribution in [3.8, 4) is 0 Å². The van der Waals surface area contributed by atoms with Crippen molar-refractivity contribution in [1.82, 2.24) is 9.88 Å². The molecule has 0 aliphatic heterocycles. The van der Waals surface area contributed by atoms with E-state index in [1.807, 2.05) is 35.8 Å². The van der Waals surface area contributed by atoms with Crippen LogP contribution in [0.3, 0.4) is 0 Å². The van der Waals surface area contributed by atoms with Crippen LogP contribution in [-0.2, 0) is 35.5 Å². The molecule has 0 saturated heterocycles. The third kappa shape index (κ3) is 3.50. The Hall–Kier alpha value is -3.15. The van der Waals surface area contributed by atoms with E-state index in [0.717, 1.165) is 22.2 Å². The third-order valence-electron chi connectivity index (χ3n) is 5.91. The van der Waals surface area contributed by atoms with Gasteiger partial charge in [-0.25, -0.2) is 4.39 Å². The van der Waals surface area contributed by atoms with E-state index < -0.39 is 11.4 Å². The maximum absolute atomic E-state index is 13.9. The van der Waals surface area contributed by atoms with Gasteiger partial charge in [-0.15, -0.1) is 0 Å². The number of amides is 1. The summed E-state index contributed by atoms with van der Waals surface area (Å²) in [6, 6.07) is 14.1. The molecule has 1 aliphatic carbocycles. The number of carboxylic acids is 1. The van der Waals surface area contributed by atoms with Crippen LogP contribution in [0.15, 0.2) is 48.5 Å². The van der Waals surface area contributed by atoms with E-state index in [0.29, 0.717) is 24.8 Å². The molecule has 0 bridgehead atoms. The molecule has 4 rings (SSSR count). The Morgan fingerprint density at radius 3 is 2.66 bits per heavy atom. The Bertz CT molecular complexity index is 1100. The molecular weight excluding hydrogens is 371 g/mol. The van der Waals surface area contributed by atoms with Crippen LogP contribution in [0.25, 0.3) is 10.9 Å². The number of carboxylic acid groups (broad SMARTS) is 1. The second kappa shape index (κ2) is 7.35. The number of benzene rings is 2. The molecule has 1 unspecified atom stereocenters. The number of hydrogen-bond donors (Lipinski definition) is 2. The molecular formula is C23H23FN2O3. The minimum atomic E-state index is -0.885. The quantitative estimate of drug-likeness (QED) is 0.694. The van der Waals surface area contributed by atoms with E-state index in [-0.39, 0.29) is 24.8 Å². The van der Waals surface area contributed by atoms with Gasteiger partial charge in [-0.05, 0) is 37.0 Å². The van der Waals surface area contributed by atoms with Crippen molar-refractivity contribution in [2.75, 3.05) is 0 Å². The monoisotopic (exact) mass is 394 g/mol. The highest BCUT2D eigenvalue weighted by Crippen LogP contribution is 2.40. The summed E-state index contributed by atoms with van der Waals surface area (Å²) in [4.78, 5) is 24.4. The normalized spacial score (nSPS) is 18.4. The topological polar surface area (TPSA) is 71.3 Å². The number of nitrogens with zero attached hydrogens (tertiary/aromatic N) is 1. The Kier molecular flexibility index (Phi) is 4.86. The average molecular weight is 394 g/mol. The molecule has 0 saturated carbocycles. The number of hydrogen-bond acceptors (Lipinski definition) is 2. The fourth-order valence-corrected chi connectivity index (χ4v) is 4.32. The van der Waals surface area contributed by atoms with E-state index >= 15 is 0 Å². The first-order valence-electron chi connectivity index (χ1n) is 9.71. The lowest BCUT2D eigenvalue weighted by molar-refractivity contribution is -0.137. The van der Waals surface area contributed by atoms with Crippen LogP contribution in [0.2, 0.25) is 0 Å². The van der Waals surface area contributed by atoms with Gasteiger partial charge in [-0.2, -0.15) is 0 Å². The van der Waals surface area contributed by atoms with Crippen molar-refractivity contribution in [2.45, 2.75) is 39.3 Å². The summed E-state index contributed by atoms with van der Waals surface area (Å²) >= 11 is 0. The molecule has 150 valence electrons. The van der Waals surface area contributed by atoms with Crippen LogP contribution in [0.1, 0.15) is 30.2 Å². The van der Waals surface area contributed by atoms with E-state index in [9.17, 15) is 19.1 Å². The number of carbonyl (C=O) groups is 2. The predicted molar refractivity (Wildman–Crippen MR) is 108 cm³/mol. The van der Waals surface area contributed by atoms with Gasteiger partial charge >= 0.3 is 5.97 Å². The Morgan fingerprint density at radius 2 is 1.90 bits per heavy atom. The number of halogens is 1. The lowest BCUT2D eigenvalue weighted by atomic mass is 9.73. The van der Waals surface area contributed by atoms with Gasteiger partial charge in [0.05, 0.1) is 5.41 Å². The van der Waals surface area contributed by atoms with Crippen molar-refractivity contribution in [2.24, 2.45) is 5.41 Å². The molecule has 1 atom stereocenters. The standard InChI is InChI=1S/C23H23FN2O3/c1-23(22(29)25-13-15-6-2-4-8-18(15)24)11-10-20-17(12-23)16-7-3-5-9-19(16)26(20)14-21(27)28/h2-9H,10-14H2,1H3,(H,25,29)(H,27,28). The lowest BCUT2D eigenvalue weighted by Gasteiger charge is -2.33. The Labute approximate surface area is 168 Å². The number of rotatable bonds is 5. The number of fused-ring (bicyclic) bond motifs is 3. The SMILES string of the molecule is CC1(C(=O)NCc2ccccc2F)CCc2c(c3ccccc3n2CC(=O)O)C1. The number of aliphatic carboxylic acids is 1. The fraction of sp³-hybridized carbons (Fsp3) is 0.304. The first kappa shape index (κ1) is 19.2. The minimum absolute atomic E-state index is 0.0912. The van der Waals surface area contributed by atoms with Gasteiger partial charge in [0.15, 0.2) is 0 Å². The molecule has 2 aromatic carbocycles. The summed E-state index contributed by atoms with van der Waals surface area (Å²) in [5, 5.41) is 13.2. The molecule has 1 aromatic heterocycles. The maximum atomic E-state index is 13.9. The van der Waals surface area contributed by atoms with Crippen molar-refractivity contribution in [1.29, 1.82) is 0 Å². The molecule has 6 heteroatoms. The molecule has 29 heavy (non-hydrogen) atoms. The molecule has 2 N–H and O–H groups in total. The zero-order valence-electron chi connectivity index (χ0n) is 16.2. The van der Waals surface area contributed by atoms with Crippen LogP contribution in [0.4, 0.5) is 4.39 Å². The second-order valence-electron chi connectivity index (χ2n) is 7.93. The predicted octanol–water partition coefficient (Wildman–Crippen LogP) is 3.68. The van der Waals surface area contributed by atoms with E-state index in [4.69, 9.17) is 0 Å². The summed E-state index contributed by atoms with van der Waals surface area (Å²) in [6.45, 7) is 1.98. The van der Waals surface area contributed by atoms with Crippen LogP contribution < -0.4 is 5.32 Å². The van der Waals surface area contributed by atoms with E-state index in [1.165, 1.54) is 6.07 Å². The van der Waals surface area contributed by atoms with Gasteiger partial charge in [0.25, 0.3) is 0 Å².